The summed E-state index contributed by atoms with van der Waals surface area (Å²) < 4.78 is 0. The van der Waals surface area contributed by atoms with Crippen LogP contribution in [-0.4, -0.2) is 41.7 Å². The normalized spacial score (nSPS) is 19.9. The van der Waals surface area contributed by atoms with Crippen molar-refractivity contribution in [2.75, 3.05) is 19.6 Å². The quantitative estimate of drug-likeness (QED) is 0.837. The molecule has 4 heteroatoms. The van der Waals surface area contributed by atoms with E-state index in [2.05, 4.69) is 17.1 Å². The fourth-order valence-electron chi connectivity index (χ4n) is 2.77. The maximum atomic E-state index is 11.0. The number of nitrogens with zero attached hydrogens (tertiary/aromatic N) is 1. The zero-order valence-electron chi connectivity index (χ0n) is 12.1. The van der Waals surface area contributed by atoms with Crippen molar-refractivity contribution in [2.24, 2.45) is 0 Å². The molecule has 0 saturated carbocycles. The number of nitrogens with one attached hydrogen (secondary N) is 1. The number of unbranched alkanes of at least 4 members (excludes halogenated alkanes) is 1. The van der Waals surface area contributed by atoms with Crippen LogP contribution in [-0.2, 0) is 6.54 Å². The molecular formula is C16H24N2O2. The molecule has 1 heterocycles. The highest BCUT2D eigenvalue weighted by Crippen LogP contribution is 2.16. The third-order valence-electron chi connectivity index (χ3n) is 3.92. The van der Waals surface area contributed by atoms with Crippen molar-refractivity contribution in [1.29, 1.82) is 0 Å². The Morgan fingerprint density at radius 1 is 1.50 bits per heavy atom. The second-order valence-corrected chi connectivity index (χ2v) is 5.48. The first-order valence-corrected chi connectivity index (χ1v) is 7.47. The molecule has 20 heavy (non-hydrogen) atoms. The lowest BCUT2D eigenvalue weighted by molar-refractivity contribution is 0.0696. The molecule has 4 nitrogen and oxygen atoms in total. The minimum Gasteiger partial charge on any atom is -0.478 e. The molecular weight excluding hydrogens is 252 g/mol. The second-order valence-electron chi connectivity index (χ2n) is 5.48. The zero-order chi connectivity index (χ0) is 14.4. The average molecular weight is 276 g/mol. The minimum atomic E-state index is -0.852. The van der Waals surface area contributed by atoms with Gasteiger partial charge in [-0.2, -0.15) is 0 Å². The predicted molar refractivity (Wildman–Crippen MR) is 80.0 cm³/mol. The summed E-state index contributed by atoms with van der Waals surface area (Å²) in [4.78, 5) is 13.5. The summed E-state index contributed by atoms with van der Waals surface area (Å²) in [5.41, 5.74) is 1.47. The van der Waals surface area contributed by atoms with Crippen molar-refractivity contribution in [3.63, 3.8) is 0 Å². The Balaban J connectivity index is 2.02. The Morgan fingerprint density at radius 2 is 2.35 bits per heavy atom. The van der Waals surface area contributed by atoms with Gasteiger partial charge in [-0.3, -0.25) is 4.90 Å². The number of piperazine rings is 1. The van der Waals surface area contributed by atoms with E-state index in [4.69, 9.17) is 5.11 Å². The van der Waals surface area contributed by atoms with Crippen LogP contribution in [0.2, 0.25) is 0 Å². The molecule has 1 aromatic carbocycles. The molecule has 1 aromatic rings. The molecule has 1 atom stereocenters. The second kappa shape index (κ2) is 7.41. The van der Waals surface area contributed by atoms with Gasteiger partial charge in [-0.25, -0.2) is 4.79 Å². The lowest BCUT2D eigenvalue weighted by atomic mass is 10.0. The Kier molecular flexibility index (Phi) is 5.56. The van der Waals surface area contributed by atoms with Gasteiger partial charge in [0.25, 0.3) is 0 Å². The fourth-order valence-corrected chi connectivity index (χ4v) is 2.77. The summed E-state index contributed by atoms with van der Waals surface area (Å²) in [6.45, 7) is 6.15. The fraction of sp³-hybridized carbons (Fsp3) is 0.562. The molecule has 1 aliphatic rings. The molecule has 1 fully saturated rings. The van der Waals surface area contributed by atoms with Gasteiger partial charge in [-0.15, -0.1) is 0 Å². The smallest absolute Gasteiger partial charge is 0.335 e. The van der Waals surface area contributed by atoms with Gasteiger partial charge in [0.05, 0.1) is 5.56 Å². The van der Waals surface area contributed by atoms with Gasteiger partial charge < -0.3 is 10.4 Å². The van der Waals surface area contributed by atoms with E-state index in [-0.39, 0.29) is 0 Å². The number of carbonyl (C=O) groups is 1. The van der Waals surface area contributed by atoms with Crippen molar-refractivity contribution in [3.8, 4) is 0 Å². The van der Waals surface area contributed by atoms with Crippen molar-refractivity contribution in [2.45, 2.75) is 38.8 Å². The summed E-state index contributed by atoms with van der Waals surface area (Å²) in [7, 11) is 0. The van der Waals surface area contributed by atoms with Gasteiger partial charge in [0.15, 0.2) is 0 Å². The van der Waals surface area contributed by atoms with E-state index in [0.717, 1.165) is 31.7 Å². The lowest BCUT2D eigenvalue weighted by Gasteiger charge is -2.36. The van der Waals surface area contributed by atoms with Crippen LogP contribution >= 0.6 is 0 Å². The van der Waals surface area contributed by atoms with Gasteiger partial charge in [0.2, 0.25) is 0 Å². The largest absolute Gasteiger partial charge is 0.478 e. The molecule has 1 aliphatic heterocycles. The highest BCUT2D eigenvalue weighted by molar-refractivity contribution is 5.87. The van der Waals surface area contributed by atoms with E-state index in [1.54, 1.807) is 12.1 Å². The summed E-state index contributed by atoms with van der Waals surface area (Å²) in [5.74, 6) is -0.852. The van der Waals surface area contributed by atoms with E-state index in [1.165, 1.54) is 19.3 Å². The third-order valence-corrected chi connectivity index (χ3v) is 3.92. The predicted octanol–water partition coefficient (Wildman–Crippen LogP) is 2.35. The van der Waals surface area contributed by atoms with Crippen LogP contribution in [0, 0.1) is 0 Å². The molecule has 0 spiro atoms. The van der Waals surface area contributed by atoms with E-state index < -0.39 is 5.97 Å². The van der Waals surface area contributed by atoms with Crippen LogP contribution in [0.3, 0.4) is 0 Å². The van der Waals surface area contributed by atoms with E-state index in [1.807, 2.05) is 12.1 Å². The molecule has 0 bridgehead atoms. The number of benzene rings is 1. The maximum absolute atomic E-state index is 11.0. The van der Waals surface area contributed by atoms with Crippen LogP contribution in [0.15, 0.2) is 24.3 Å². The van der Waals surface area contributed by atoms with Crippen LogP contribution in [0.5, 0.6) is 0 Å². The SMILES string of the molecule is CCCC[C@H]1CNCCN1Cc1cccc(C(=O)O)c1. The summed E-state index contributed by atoms with van der Waals surface area (Å²) in [5, 5.41) is 12.5. The zero-order valence-corrected chi connectivity index (χ0v) is 12.1. The Bertz CT molecular complexity index is 448. The first kappa shape index (κ1) is 15.0. The third kappa shape index (κ3) is 4.05. The van der Waals surface area contributed by atoms with Gasteiger partial charge in [-0.1, -0.05) is 31.9 Å². The van der Waals surface area contributed by atoms with E-state index >= 15 is 0 Å². The van der Waals surface area contributed by atoms with E-state index in [0.29, 0.717) is 11.6 Å². The van der Waals surface area contributed by atoms with Gasteiger partial charge in [0, 0.05) is 32.2 Å². The van der Waals surface area contributed by atoms with Crippen LogP contribution in [0.4, 0.5) is 0 Å². The number of hydrogen-bond acceptors (Lipinski definition) is 3. The monoisotopic (exact) mass is 276 g/mol. The van der Waals surface area contributed by atoms with Crippen molar-refractivity contribution >= 4 is 5.97 Å². The van der Waals surface area contributed by atoms with Gasteiger partial charge in [0.1, 0.15) is 0 Å². The van der Waals surface area contributed by atoms with Crippen molar-refractivity contribution < 1.29 is 9.90 Å². The maximum Gasteiger partial charge on any atom is 0.335 e. The molecule has 0 aromatic heterocycles. The topological polar surface area (TPSA) is 52.6 Å². The summed E-state index contributed by atoms with van der Waals surface area (Å²) >= 11 is 0. The number of aromatic carboxylic acids is 1. The Labute approximate surface area is 120 Å². The number of rotatable bonds is 6. The first-order chi connectivity index (χ1) is 9.70. The van der Waals surface area contributed by atoms with Crippen LogP contribution in [0.1, 0.15) is 42.1 Å². The Morgan fingerprint density at radius 3 is 3.10 bits per heavy atom. The average Bonchev–Trinajstić information content (AvgIpc) is 2.46. The molecule has 0 radical (unpaired) electrons. The molecule has 0 unspecified atom stereocenters. The lowest BCUT2D eigenvalue weighted by Crippen LogP contribution is -2.50. The molecule has 110 valence electrons. The van der Waals surface area contributed by atoms with Crippen molar-refractivity contribution in [3.05, 3.63) is 35.4 Å². The minimum absolute atomic E-state index is 0.378. The molecule has 0 aliphatic carbocycles. The number of hydrogen-bond donors (Lipinski definition) is 2. The Hall–Kier alpha value is -1.39. The molecule has 2 N–H and O–H groups in total. The highest BCUT2D eigenvalue weighted by Gasteiger charge is 2.21. The number of carboxylic acids is 1. The molecule has 1 saturated heterocycles. The van der Waals surface area contributed by atoms with Gasteiger partial charge in [-0.05, 0) is 24.1 Å². The van der Waals surface area contributed by atoms with Crippen LogP contribution < -0.4 is 5.32 Å². The number of carboxylic acid groups (broad SMARTS) is 1. The van der Waals surface area contributed by atoms with E-state index in [9.17, 15) is 4.79 Å². The highest BCUT2D eigenvalue weighted by atomic mass is 16.4. The molecule has 2 rings (SSSR count). The summed E-state index contributed by atoms with van der Waals surface area (Å²) in [6.07, 6.45) is 3.68. The van der Waals surface area contributed by atoms with Crippen molar-refractivity contribution in [1.82, 2.24) is 10.2 Å². The first-order valence-electron chi connectivity index (χ1n) is 7.47. The van der Waals surface area contributed by atoms with Gasteiger partial charge >= 0.3 is 5.97 Å². The summed E-state index contributed by atoms with van der Waals surface area (Å²) in [6, 6.07) is 7.87. The standard InChI is InChI=1S/C16H24N2O2/c1-2-3-7-15-11-17-8-9-18(15)12-13-5-4-6-14(10-13)16(19)20/h4-6,10,15,17H,2-3,7-9,11-12H2,1H3,(H,19,20)/t15-/m0/s1. The molecule has 0 amide bonds. The van der Waals surface area contributed by atoms with Crippen LogP contribution in [0.25, 0.3) is 0 Å².